The normalized spacial score (nSPS) is 21.4. The highest BCUT2D eigenvalue weighted by Gasteiger charge is 2.33. The number of carboxylic acids is 1. The van der Waals surface area contributed by atoms with Gasteiger partial charge in [0.05, 0.1) is 6.20 Å². The van der Waals surface area contributed by atoms with E-state index >= 15 is 0 Å². The molecule has 0 saturated carbocycles. The first-order chi connectivity index (χ1) is 9.46. The molecule has 1 aliphatic rings. The highest BCUT2D eigenvalue weighted by molar-refractivity contribution is 7.13. The van der Waals surface area contributed by atoms with Gasteiger partial charge in [0.15, 0.2) is 0 Å². The van der Waals surface area contributed by atoms with Crippen LogP contribution >= 0.6 is 11.3 Å². The maximum Gasteiger partial charge on any atom is 0.329 e. The summed E-state index contributed by atoms with van der Waals surface area (Å²) in [4.78, 5) is 27.9. The number of nitrogens with one attached hydrogen (secondary N) is 1. The number of aromatic nitrogens is 1. The van der Waals surface area contributed by atoms with Crippen LogP contribution in [0.15, 0.2) is 6.20 Å². The van der Waals surface area contributed by atoms with E-state index in [2.05, 4.69) is 10.3 Å². The Morgan fingerprint density at radius 1 is 1.65 bits per heavy atom. The number of carbonyl (C=O) groups excluding carboxylic acids is 1. The van der Waals surface area contributed by atoms with Crippen molar-refractivity contribution in [3.63, 3.8) is 0 Å². The zero-order chi connectivity index (χ0) is 14.8. The fourth-order valence-electron chi connectivity index (χ4n) is 1.92. The minimum Gasteiger partial charge on any atom is -0.480 e. The summed E-state index contributed by atoms with van der Waals surface area (Å²) < 4.78 is 5.51. The van der Waals surface area contributed by atoms with E-state index in [1.807, 2.05) is 0 Å². The summed E-state index contributed by atoms with van der Waals surface area (Å²) in [7, 11) is 0. The van der Waals surface area contributed by atoms with Crippen LogP contribution in [0.1, 0.15) is 53.9 Å². The number of thiazole rings is 1. The predicted octanol–water partition coefficient (Wildman–Crippen LogP) is 1.98. The lowest BCUT2D eigenvalue weighted by atomic mass is 9.99. The maximum atomic E-state index is 12.1. The van der Waals surface area contributed by atoms with E-state index in [9.17, 15) is 9.59 Å². The summed E-state index contributed by atoms with van der Waals surface area (Å²) in [5.74, 6) is -1.45. The summed E-state index contributed by atoms with van der Waals surface area (Å²) in [5.41, 5.74) is -1.26. The van der Waals surface area contributed by atoms with Gasteiger partial charge in [-0.25, -0.2) is 9.78 Å². The molecule has 6 nitrogen and oxygen atoms in total. The quantitative estimate of drug-likeness (QED) is 0.867. The standard InChI is InChI=1S/C13H18N2O4S/c1-3-13(2,12(17)18)15-10(16)9-7-14-11(20-9)8-5-4-6-19-8/h7-8H,3-6H2,1-2H3,(H,15,16)(H,17,18). The van der Waals surface area contributed by atoms with Gasteiger partial charge in [-0.1, -0.05) is 6.92 Å². The number of ether oxygens (including phenoxy) is 1. The van der Waals surface area contributed by atoms with Gasteiger partial charge in [-0.3, -0.25) is 4.79 Å². The number of amides is 1. The molecule has 0 radical (unpaired) electrons. The molecule has 2 unspecified atom stereocenters. The number of aliphatic carboxylic acids is 1. The van der Waals surface area contributed by atoms with E-state index < -0.39 is 17.4 Å². The molecule has 2 atom stereocenters. The molecule has 1 amide bonds. The summed E-state index contributed by atoms with van der Waals surface area (Å²) in [5, 5.41) is 12.5. The Morgan fingerprint density at radius 2 is 2.40 bits per heavy atom. The van der Waals surface area contributed by atoms with Gasteiger partial charge < -0.3 is 15.2 Å². The SMILES string of the molecule is CCC(C)(NC(=O)c1cnc(C2CCCO2)s1)C(=O)O. The lowest BCUT2D eigenvalue weighted by molar-refractivity contribution is -0.143. The minimum absolute atomic E-state index is 0.0291. The van der Waals surface area contributed by atoms with E-state index in [4.69, 9.17) is 9.84 Å². The smallest absolute Gasteiger partial charge is 0.329 e. The van der Waals surface area contributed by atoms with E-state index in [-0.39, 0.29) is 6.10 Å². The molecule has 110 valence electrons. The van der Waals surface area contributed by atoms with Crippen LogP contribution in [0, 0.1) is 0 Å². The van der Waals surface area contributed by atoms with Gasteiger partial charge in [0, 0.05) is 6.61 Å². The van der Waals surface area contributed by atoms with Crippen molar-refractivity contribution < 1.29 is 19.4 Å². The Morgan fingerprint density at radius 3 is 2.95 bits per heavy atom. The van der Waals surface area contributed by atoms with Crippen LogP contribution in [0.5, 0.6) is 0 Å². The number of hydrogen-bond acceptors (Lipinski definition) is 5. The zero-order valence-corrected chi connectivity index (χ0v) is 12.3. The Bertz CT molecular complexity index is 510. The molecule has 1 saturated heterocycles. The zero-order valence-electron chi connectivity index (χ0n) is 11.5. The molecule has 1 aromatic rings. The van der Waals surface area contributed by atoms with Gasteiger partial charge in [-0.05, 0) is 26.2 Å². The first-order valence-electron chi connectivity index (χ1n) is 6.59. The first-order valence-corrected chi connectivity index (χ1v) is 7.41. The van der Waals surface area contributed by atoms with Crippen molar-refractivity contribution >= 4 is 23.2 Å². The van der Waals surface area contributed by atoms with Gasteiger partial charge >= 0.3 is 5.97 Å². The average molecular weight is 298 g/mol. The van der Waals surface area contributed by atoms with E-state index in [0.717, 1.165) is 24.5 Å². The number of carbonyl (C=O) groups is 2. The largest absolute Gasteiger partial charge is 0.480 e. The van der Waals surface area contributed by atoms with Crippen LogP contribution in [-0.4, -0.2) is 34.1 Å². The van der Waals surface area contributed by atoms with Gasteiger partial charge in [0.25, 0.3) is 5.91 Å². The van der Waals surface area contributed by atoms with Crippen LogP contribution < -0.4 is 5.32 Å². The van der Waals surface area contributed by atoms with E-state index in [1.165, 1.54) is 24.5 Å². The Kier molecular flexibility index (Phi) is 4.39. The van der Waals surface area contributed by atoms with E-state index in [1.54, 1.807) is 6.92 Å². The second-order valence-electron chi connectivity index (χ2n) is 5.01. The van der Waals surface area contributed by atoms with Crippen LogP contribution in [0.2, 0.25) is 0 Å². The molecule has 0 bridgehead atoms. The van der Waals surface area contributed by atoms with Gasteiger partial charge in [-0.2, -0.15) is 0 Å². The van der Waals surface area contributed by atoms with Crippen LogP contribution in [0.3, 0.4) is 0 Å². The molecule has 7 heteroatoms. The maximum absolute atomic E-state index is 12.1. The van der Waals surface area contributed by atoms with Crippen LogP contribution in [0.25, 0.3) is 0 Å². The molecule has 2 N–H and O–H groups in total. The summed E-state index contributed by atoms with van der Waals surface area (Å²) in [6, 6.07) is 0. The highest BCUT2D eigenvalue weighted by Crippen LogP contribution is 2.31. The van der Waals surface area contributed by atoms with Crippen molar-refractivity contribution in [2.75, 3.05) is 6.61 Å². The number of hydrogen-bond donors (Lipinski definition) is 2. The Labute approximate surface area is 121 Å². The van der Waals surface area contributed by atoms with Crippen molar-refractivity contribution in [2.24, 2.45) is 0 Å². The molecular weight excluding hydrogens is 280 g/mol. The van der Waals surface area contributed by atoms with Crippen molar-refractivity contribution in [2.45, 2.75) is 44.8 Å². The van der Waals surface area contributed by atoms with Crippen LogP contribution in [0.4, 0.5) is 0 Å². The predicted molar refractivity (Wildman–Crippen MR) is 73.8 cm³/mol. The third-order valence-electron chi connectivity index (χ3n) is 3.52. The Hall–Kier alpha value is -1.47. The summed E-state index contributed by atoms with van der Waals surface area (Å²) >= 11 is 1.26. The fourth-order valence-corrected chi connectivity index (χ4v) is 2.82. The number of rotatable bonds is 5. The lowest BCUT2D eigenvalue weighted by Crippen LogP contribution is -2.51. The molecule has 2 heterocycles. The third kappa shape index (κ3) is 2.99. The fraction of sp³-hybridized carbons (Fsp3) is 0.615. The molecular formula is C13H18N2O4S. The van der Waals surface area contributed by atoms with Crippen molar-refractivity contribution in [1.82, 2.24) is 10.3 Å². The molecule has 1 aliphatic heterocycles. The molecule has 0 aromatic carbocycles. The third-order valence-corrected chi connectivity index (χ3v) is 4.61. The van der Waals surface area contributed by atoms with Crippen molar-refractivity contribution in [3.8, 4) is 0 Å². The second-order valence-corrected chi connectivity index (χ2v) is 6.07. The van der Waals surface area contributed by atoms with Gasteiger partial charge in [0.1, 0.15) is 21.5 Å². The molecule has 0 spiro atoms. The summed E-state index contributed by atoms with van der Waals surface area (Å²) in [6.45, 7) is 3.94. The number of carboxylic acid groups (broad SMARTS) is 1. The topological polar surface area (TPSA) is 88.5 Å². The molecule has 0 aliphatic carbocycles. The van der Waals surface area contributed by atoms with Crippen molar-refractivity contribution in [3.05, 3.63) is 16.1 Å². The van der Waals surface area contributed by atoms with Gasteiger partial charge in [0.2, 0.25) is 0 Å². The molecule has 1 aromatic heterocycles. The van der Waals surface area contributed by atoms with E-state index in [0.29, 0.717) is 11.3 Å². The number of nitrogens with zero attached hydrogens (tertiary/aromatic N) is 1. The highest BCUT2D eigenvalue weighted by atomic mass is 32.1. The summed E-state index contributed by atoms with van der Waals surface area (Å²) in [6.07, 6.45) is 3.67. The lowest BCUT2D eigenvalue weighted by Gasteiger charge is -2.24. The minimum atomic E-state index is -1.26. The Balaban J connectivity index is 2.07. The molecule has 1 fully saturated rings. The van der Waals surface area contributed by atoms with Crippen LogP contribution in [-0.2, 0) is 9.53 Å². The monoisotopic (exact) mass is 298 g/mol. The van der Waals surface area contributed by atoms with Gasteiger partial charge in [-0.15, -0.1) is 11.3 Å². The molecule has 20 heavy (non-hydrogen) atoms. The van der Waals surface area contributed by atoms with Crippen molar-refractivity contribution in [1.29, 1.82) is 0 Å². The average Bonchev–Trinajstić information content (AvgIpc) is 3.08. The second kappa shape index (κ2) is 5.88. The molecule has 2 rings (SSSR count). The first kappa shape index (κ1) is 14.9.